The molecule has 29 heavy (non-hydrogen) atoms. The van der Waals surface area contributed by atoms with Crippen molar-refractivity contribution in [2.24, 2.45) is 0 Å². The van der Waals surface area contributed by atoms with E-state index < -0.39 is 35.6 Å². The molecule has 1 aromatic carbocycles. The highest BCUT2D eigenvalue weighted by Crippen LogP contribution is 2.37. The lowest BCUT2D eigenvalue weighted by Crippen LogP contribution is -2.41. The van der Waals surface area contributed by atoms with Gasteiger partial charge in [0.15, 0.2) is 0 Å². The van der Waals surface area contributed by atoms with E-state index in [1.54, 1.807) is 6.07 Å². The van der Waals surface area contributed by atoms with Crippen LogP contribution in [0.5, 0.6) is 0 Å². The molecule has 1 aliphatic heterocycles. The molecule has 1 aliphatic rings. The number of nitrogen functional groups attached to an aromatic ring is 1. The average Bonchev–Trinajstić information content (AvgIpc) is 2.85. The first kappa shape index (κ1) is 19.5. The van der Waals surface area contributed by atoms with Gasteiger partial charge in [0.2, 0.25) is 5.95 Å². The first-order valence-corrected chi connectivity index (χ1v) is 9.13. The molecule has 150 valence electrons. The topological polar surface area (TPSA) is 90.2 Å². The lowest BCUT2D eigenvalue weighted by atomic mass is 9.78. The fourth-order valence-electron chi connectivity index (χ4n) is 3.28. The number of H-pyrrole nitrogens is 1. The summed E-state index contributed by atoms with van der Waals surface area (Å²) in [5.74, 6) is -1.44. The van der Waals surface area contributed by atoms with E-state index in [4.69, 9.17) is 15.0 Å². The number of fused-ring (bicyclic) bond motifs is 1. The minimum absolute atomic E-state index is 0.0626. The lowest BCUT2D eigenvalue weighted by molar-refractivity contribution is 0.00578. The average molecular weight is 399 g/mol. The number of aromatic amines is 1. The number of pyridine rings is 2. The summed E-state index contributed by atoms with van der Waals surface area (Å²) in [6.07, 6.45) is 0.997. The van der Waals surface area contributed by atoms with Crippen molar-refractivity contribution in [2.45, 2.75) is 38.9 Å². The normalized spacial score (nSPS) is 17.8. The van der Waals surface area contributed by atoms with Crippen molar-refractivity contribution in [3.8, 4) is 11.1 Å². The van der Waals surface area contributed by atoms with Crippen LogP contribution < -0.4 is 16.8 Å². The number of nitrogens with one attached hydrogen (secondary N) is 1. The molecule has 0 saturated carbocycles. The maximum Gasteiger partial charge on any atom is 0.499 e. The second-order valence-electron chi connectivity index (χ2n) is 8.12. The maximum absolute atomic E-state index is 14.6. The highest BCUT2D eigenvalue weighted by Gasteiger charge is 2.52. The third kappa shape index (κ3) is 3.10. The number of hydrogen-bond acceptors (Lipinski definition) is 5. The van der Waals surface area contributed by atoms with Gasteiger partial charge in [-0.2, -0.15) is 4.39 Å². The molecule has 1 fully saturated rings. The van der Waals surface area contributed by atoms with Crippen LogP contribution in [0.1, 0.15) is 27.7 Å². The Bertz CT molecular complexity index is 1180. The number of nitrogens with zero attached hydrogens (tertiary/aromatic N) is 1. The van der Waals surface area contributed by atoms with E-state index in [1.807, 2.05) is 27.7 Å². The zero-order chi connectivity index (χ0) is 21.1. The molecule has 9 heteroatoms. The standard InChI is InChI=1S/C20H20BF2N3O3/c1-19(2)20(3,4)29-21(28-19)14-8-12(17(24)26-16(14)23)10-5-6-11-13(7-10)15(22)9-25-18(11)27/h5-9H,1-4H3,(H2,24,26)(H,25,27). The van der Waals surface area contributed by atoms with Gasteiger partial charge in [-0.05, 0) is 51.5 Å². The molecule has 3 heterocycles. The second-order valence-corrected chi connectivity index (χ2v) is 8.12. The first-order chi connectivity index (χ1) is 13.5. The molecule has 0 unspecified atom stereocenters. The minimum Gasteiger partial charge on any atom is -0.399 e. The summed E-state index contributed by atoms with van der Waals surface area (Å²) in [4.78, 5) is 18.0. The fourth-order valence-corrected chi connectivity index (χ4v) is 3.28. The van der Waals surface area contributed by atoms with Crippen LogP contribution in [0.3, 0.4) is 0 Å². The van der Waals surface area contributed by atoms with Crippen LogP contribution in [0.4, 0.5) is 14.6 Å². The molecule has 4 rings (SSSR count). The van der Waals surface area contributed by atoms with Gasteiger partial charge in [0.05, 0.1) is 11.2 Å². The Labute approximate surface area is 166 Å². The van der Waals surface area contributed by atoms with Gasteiger partial charge in [-0.1, -0.05) is 6.07 Å². The summed E-state index contributed by atoms with van der Waals surface area (Å²) < 4.78 is 40.7. The molecule has 0 radical (unpaired) electrons. The van der Waals surface area contributed by atoms with Gasteiger partial charge >= 0.3 is 7.12 Å². The molecular formula is C20H20BF2N3O3. The van der Waals surface area contributed by atoms with Gasteiger partial charge in [-0.3, -0.25) is 4.79 Å². The Morgan fingerprint density at radius 1 is 1.07 bits per heavy atom. The van der Waals surface area contributed by atoms with E-state index in [9.17, 15) is 13.6 Å². The number of nitrogens with two attached hydrogens (primary N) is 1. The van der Waals surface area contributed by atoms with Crippen molar-refractivity contribution in [1.29, 1.82) is 0 Å². The van der Waals surface area contributed by atoms with Gasteiger partial charge in [-0.15, -0.1) is 0 Å². The largest absolute Gasteiger partial charge is 0.499 e. The highest BCUT2D eigenvalue weighted by molar-refractivity contribution is 6.62. The van der Waals surface area contributed by atoms with E-state index in [1.165, 1.54) is 18.2 Å². The molecule has 0 atom stereocenters. The molecule has 0 bridgehead atoms. The van der Waals surface area contributed by atoms with E-state index >= 15 is 0 Å². The molecule has 0 aliphatic carbocycles. The van der Waals surface area contributed by atoms with Crippen LogP contribution >= 0.6 is 0 Å². The molecule has 0 amide bonds. The van der Waals surface area contributed by atoms with Gasteiger partial charge < -0.3 is 20.0 Å². The lowest BCUT2D eigenvalue weighted by Gasteiger charge is -2.32. The van der Waals surface area contributed by atoms with E-state index in [-0.39, 0.29) is 22.1 Å². The van der Waals surface area contributed by atoms with Crippen molar-refractivity contribution >= 4 is 29.2 Å². The summed E-state index contributed by atoms with van der Waals surface area (Å²) in [7, 11) is -0.966. The summed E-state index contributed by atoms with van der Waals surface area (Å²) in [6.45, 7) is 7.45. The Balaban J connectivity index is 1.84. The Kier molecular flexibility index (Phi) is 4.29. The molecule has 6 nitrogen and oxygen atoms in total. The SMILES string of the molecule is CC1(C)OB(c2cc(-c3ccc4c(=O)[nH]cc(F)c4c3)c(N)nc2F)OC1(C)C. The molecular weight excluding hydrogens is 379 g/mol. The smallest absolute Gasteiger partial charge is 0.399 e. The van der Waals surface area contributed by atoms with E-state index in [0.717, 1.165) is 6.20 Å². The summed E-state index contributed by atoms with van der Waals surface area (Å²) in [5, 5.41) is 0.334. The van der Waals surface area contributed by atoms with Crippen molar-refractivity contribution in [1.82, 2.24) is 9.97 Å². The van der Waals surface area contributed by atoms with Crippen molar-refractivity contribution in [3.05, 3.63) is 52.6 Å². The van der Waals surface area contributed by atoms with Crippen molar-refractivity contribution < 1.29 is 18.1 Å². The minimum atomic E-state index is -0.966. The zero-order valence-corrected chi connectivity index (χ0v) is 16.5. The number of halogens is 2. The first-order valence-electron chi connectivity index (χ1n) is 9.13. The predicted molar refractivity (Wildman–Crippen MR) is 108 cm³/mol. The summed E-state index contributed by atoms with van der Waals surface area (Å²) in [5.41, 5.74) is 5.20. The number of rotatable bonds is 2. The number of aromatic nitrogens is 2. The molecule has 3 N–H and O–H groups in total. The predicted octanol–water partition coefficient (Wildman–Crippen LogP) is 2.75. The van der Waals surface area contributed by atoms with Crippen LogP contribution in [0.15, 0.2) is 35.3 Å². The van der Waals surface area contributed by atoms with Crippen LogP contribution in [0, 0.1) is 11.8 Å². The third-order valence-electron chi connectivity index (χ3n) is 5.70. The Morgan fingerprint density at radius 3 is 2.38 bits per heavy atom. The number of hydrogen-bond donors (Lipinski definition) is 2. The van der Waals surface area contributed by atoms with E-state index in [2.05, 4.69) is 9.97 Å². The monoisotopic (exact) mass is 399 g/mol. The van der Waals surface area contributed by atoms with Gasteiger partial charge in [0.1, 0.15) is 11.6 Å². The summed E-state index contributed by atoms with van der Waals surface area (Å²) in [6, 6.07) is 6.07. The van der Waals surface area contributed by atoms with Gasteiger partial charge in [0, 0.05) is 28.0 Å². The van der Waals surface area contributed by atoms with Crippen molar-refractivity contribution in [2.75, 3.05) is 5.73 Å². The van der Waals surface area contributed by atoms with Gasteiger partial charge in [-0.25, -0.2) is 9.37 Å². The van der Waals surface area contributed by atoms with E-state index in [0.29, 0.717) is 11.1 Å². The molecule has 3 aromatic rings. The Hall–Kier alpha value is -2.78. The second kappa shape index (κ2) is 6.37. The van der Waals surface area contributed by atoms with Gasteiger partial charge in [0.25, 0.3) is 5.56 Å². The molecule has 1 saturated heterocycles. The van der Waals surface area contributed by atoms with Crippen LogP contribution in [-0.4, -0.2) is 28.3 Å². The van der Waals surface area contributed by atoms with Crippen LogP contribution in [0.25, 0.3) is 21.9 Å². The highest BCUT2D eigenvalue weighted by atomic mass is 19.1. The number of benzene rings is 1. The molecule has 2 aromatic heterocycles. The third-order valence-corrected chi connectivity index (χ3v) is 5.70. The Morgan fingerprint density at radius 2 is 1.72 bits per heavy atom. The number of anilines is 1. The van der Waals surface area contributed by atoms with Crippen molar-refractivity contribution in [3.63, 3.8) is 0 Å². The van der Waals surface area contributed by atoms with Crippen LogP contribution in [-0.2, 0) is 9.31 Å². The molecule has 0 spiro atoms. The maximum atomic E-state index is 14.6. The summed E-state index contributed by atoms with van der Waals surface area (Å²) >= 11 is 0. The van der Waals surface area contributed by atoms with Crippen LogP contribution in [0.2, 0.25) is 0 Å². The quantitative estimate of drug-likeness (QED) is 0.511. The zero-order valence-electron chi connectivity index (χ0n) is 16.5. The fraction of sp³-hybridized carbons (Fsp3) is 0.300.